The Bertz CT molecular complexity index is 629. The highest BCUT2D eigenvalue weighted by Gasteiger charge is 2.51. The zero-order valence-electron chi connectivity index (χ0n) is 14.0. The standard InChI is InChI=1S/C17H25N5O2/c23-15-17(8-4-1-5-9-17)18-16(24)22(15)12-14-11-21(20-19-14)10-13-6-2-3-7-13/h11,13H,1-10,12H2,(H,18,24). The Labute approximate surface area is 141 Å². The Morgan fingerprint density at radius 1 is 1.12 bits per heavy atom. The second-order valence-electron chi connectivity index (χ2n) is 7.55. The zero-order valence-corrected chi connectivity index (χ0v) is 14.0. The maximum atomic E-state index is 12.8. The molecule has 1 aromatic heterocycles. The number of nitrogens with one attached hydrogen (secondary N) is 1. The summed E-state index contributed by atoms with van der Waals surface area (Å²) in [5.41, 5.74) is 0.0270. The van der Waals surface area contributed by atoms with E-state index in [1.54, 1.807) is 0 Å². The molecule has 1 aromatic rings. The third kappa shape index (κ3) is 2.80. The maximum Gasteiger partial charge on any atom is 0.325 e. The van der Waals surface area contributed by atoms with E-state index in [0.717, 1.165) is 38.6 Å². The van der Waals surface area contributed by atoms with Gasteiger partial charge in [-0.15, -0.1) is 5.10 Å². The number of urea groups is 1. The summed E-state index contributed by atoms with van der Waals surface area (Å²) in [5.74, 6) is 0.597. The minimum absolute atomic E-state index is 0.0856. The van der Waals surface area contributed by atoms with Gasteiger partial charge in [-0.25, -0.2) is 4.79 Å². The number of hydrogen-bond acceptors (Lipinski definition) is 4. The van der Waals surface area contributed by atoms with Gasteiger partial charge in [-0.3, -0.25) is 14.4 Å². The van der Waals surface area contributed by atoms with E-state index < -0.39 is 5.54 Å². The molecule has 0 unspecified atom stereocenters. The van der Waals surface area contributed by atoms with Gasteiger partial charge >= 0.3 is 6.03 Å². The predicted octanol–water partition coefficient (Wildman–Crippen LogP) is 2.22. The Balaban J connectivity index is 1.42. The summed E-state index contributed by atoms with van der Waals surface area (Å²) in [5, 5.41) is 11.3. The fourth-order valence-corrected chi connectivity index (χ4v) is 4.43. The van der Waals surface area contributed by atoms with E-state index in [4.69, 9.17) is 0 Å². The second kappa shape index (κ2) is 6.18. The molecule has 130 valence electrons. The van der Waals surface area contributed by atoms with Crippen molar-refractivity contribution in [3.05, 3.63) is 11.9 Å². The van der Waals surface area contributed by atoms with Gasteiger partial charge in [0, 0.05) is 6.54 Å². The molecular formula is C17H25N5O2. The highest BCUT2D eigenvalue weighted by molar-refractivity contribution is 6.07. The first kappa shape index (κ1) is 15.6. The van der Waals surface area contributed by atoms with E-state index in [2.05, 4.69) is 15.6 Å². The second-order valence-corrected chi connectivity index (χ2v) is 7.55. The van der Waals surface area contributed by atoms with Crippen LogP contribution in [0.4, 0.5) is 4.79 Å². The van der Waals surface area contributed by atoms with E-state index in [1.807, 2.05) is 10.9 Å². The quantitative estimate of drug-likeness (QED) is 0.858. The van der Waals surface area contributed by atoms with Crippen molar-refractivity contribution >= 4 is 11.9 Å². The number of carbonyl (C=O) groups is 2. The summed E-state index contributed by atoms with van der Waals surface area (Å²) in [4.78, 5) is 26.4. The van der Waals surface area contributed by atoms with Crippen molar-refractivity contribution in [1.29, 1.82) is 0 Å². The van der Waals surface area contributed by atoms with Crippen LogP contribution in [0.5, 0.6) is 0 Å². The van der Waals surface area contributed by atoms with Crippen molar-refractivity contribution in [1.82, 2.24) is 25.2 Å². The van der Waals surface area contributed by atoms with Crippen LogP contribution in [0.3, 0.4) is 0 Å². The van der Waals surface area contributed by atoms with E-state index in [-0.39, 0.29) is 18.5 Å². The van der Waals surface area contributed by atoms with Crippen molar-refractivity contribution in [3.8, 4) is 0 Å². The van der Waals surface area contributed by atoms with Crippen LogP contribution in [0.15, 0.2) is 6.20 Å². The van der Waals surface area contributed by atoms with Crippen LogP contribution in [0.1, 0.15) is 63.5 Å². The largest absolute Gasteiger partial charge is 0.325 e. The van der Waals surface area contributed by atoms with E-state index in [1.165, 1.54) is 30.6 Å². The maximum absolute atomic E-state index is 12.8. The molecule has 2 aliphatic carbocycles. The number of amides is 3. The lowest BCUT2D eigenvalue weighted by Crippen LogP contribution is -2.48. The summed E-state index contributed by atoms with van der Waals surface area (Å²) in [6.45, 7) is 1.11. The third-order valence-electron chi connectivity index (χ3n) is 5.78. The molecule has 3 aliphatic rings. The van der Waals surface area contributed by atoms with Crippen LogP contribution < -0.4 is 5.32 Å². The molecule has 1 aliphatic heterocycles. The first-order valence-corrected chi connectivity index (χ1v) is 9.19. The van der Waals surface area contributed by atoms with Crippen molar-refractivity contribution in [3.63, 3.8) is 0 Å². The first-order valence-electron chi connectivity index (χ1n) is 9.19. The molecule has 24 heavy (non-hydrogen) atoms. The lowest BCUT2D eigenvalue weighted by Gasteiger charge is -2.30. The van der Waals surface area contributed by atoms with Gasteiger partial charge in [0.15, 0.2) is 0 Å². The zero-order chi connectivity index (χ0) is 16.6. The van der Waals surface area contributed by atoms with Crippen molar-refractivity contribution in [2.24, 2.45) is 5.92 Å². The molecule has 3 amide bonds. The molecule has 0 bridgehead atoms. The predicted molar refractivity (Wildman–Crippen MR) is 86.9 cm³/mol. The average Bonchev–Trinajstić information content (AvgIpc) is 3.29. The fraction of sp³-hybridized carbons (Fsp3) is 0.765. The van der Waals surface area contributed by atoms with Crippen LogP contribution in [0.25, 0.3) is 0 Å². The minimum Gasteiger partial charge on any atom is -0.323 e. The van der Waals surface area contributed by atoms with Crippen molar-refractivity contribution in [2.45, 2.75) is 76.4 Å². The molecule has 7 heteroatoms. The molecule has 2 heterocycles. The van der Waals surface area contributed by atoms with Gasteiger partial charge in [0.1, 0.15) is 11.2 Å². The smallest absolute Gasteiger partial charge is 0.323 e. The van der Waals surface area contributed by atoms with Gasteiger partial charge in [-0.1, -0.05) is 37.3 Å². The van der Waals surface area contributed by atoms with Crippen LogP contribution in [-0.4, -0.2) is 37.4 Å². The monoisotopic (exact) mass is 331 g/mol. The number of aromatic nitrogens is 3. The van der Waals surface area contributed by atoms with E-state index in [0.29, 0.717) is 11.6 Å². The summed E-state index contributed by atoms with van der Waals surface area (Å²) in [7, 11) is 0. The molecule has 1 N–H and O–H groups in total. The number of hydrogen-bond donors (Lipinski definition) is 1. The van der Waals surface area contributed by atoms with Crippen LogP contribution in [0.2, 0.25) is 0 Å². The molecule has 0 atom stereocenters. The van der Waals surface area contributed by atoms with E-state index in [9.17, 15) is 9.59 Å². The van der Waals surface area contributed by atoms with Crippen molar-refractivity contribution in [2.75, 3.05) is 0 Å². The third-order valence-corrected chi connectivity index (χ3v) is 5.78. The molecular weight excluding hydrogens is 306 g/mol. The molecule has 1 saturated heterocycles. The fourth-order valence-electron chi connectivity index (χ4n) is 4.43. The molecule has 0 aromatic carbocycles. The Kier molecular flexibility index (Phi) is 4.02. The van der Waals surface area contributed by atoms with Crippen LogP contribution >= 0.6 is 0 Å². The molecule has 3 fully saturated rings. The van der Waals surface area contributed by atoms with E-state index >= 15 is 0 Å². The van der Waals surface area contributed by atoms with Crippen LogP contribution in [-0.2, 0) is 17.9 Å². The van der Waals surface area contributed by atoms with Gasteiger partial charge in [-0.2, -0.15) is 0 Å². The lowest BCUT2D eigenvalue weighted by molar-refractivity contribution is -0.132. The number of rotatable bonds is 4. The molecule has 7 nitrogen and oxygen atoms in total. The number of nitrogens with zero attached hydrogens (tertiary/aromatic N) is 4. The summed E-state index contributed by atoms with van der Waals surface area (Å²) < 4.78 is 1.86. The van der Waals surface area contributed by atoms with Crippen molar-refractivity contribution < 1.29 is 9.59 Å². The SMILES string of the molecule is O=C1NC2(CCCCC2)C(=O)N1Cc1cn(CC2CCCC2)nn1. The Morgan fingerprint density at radius 2 is 1.88 bits per heavy atom. The minimum atomic E-state index is -0.658. The van der Waals surface area contributed by atoms with Gasteiger partial charge < -0.3 is 5.32 Å². The topological polar surface area (TPSA) is 80.1 Å². The normalized spacial score (nSPS) is 24.1. The molecule has 1 spiro atoms. The average molecular weight is 331 g/mol. The van der Waals surface area contributed by atoms with Gasteiger partial charge in [0.2, 0.25) is 0 Å². The highest BCUT2D eigenvalue weighted by atomic mass is 16.2. The van der Waals surface area contributed by atoms with Gasteiger partial charge in [-0.05, 0) is 31.6 Å². The molecule has 4 rings (SSSR count). The number of carbonyl (C=O) groups excluding carboxylic acids is 2. The highest BCUT2D eigenvalue weighted by Crippen LogP contribution is 2.34. The number of imide groups is 1. The molecule has 2 saturated carbocycles. The Morgan fingerprint density at radius 3 is 2.62 bits per heavy atom. The summed E-state index contributed by atoms with van der Waals surface area (Å²) in [6.07, 6.45) is 11.6. The summed E-state index contributed by atoms with van der Waals surface area (Å²) in [6, 6.07) is -0.285. The molecule has 0 radical (unpaired) electrons. The lowest BCUT2D eigenvalue weighted by atomic mass is 9.82. The first-order chi connectivity index (χ1) is 11.7. The Hall–Kier alpha value is -1.92. The van der Waals surface area contributed by atoms with Gasteiger partial charge in [0.25, 0.3) is 5.91 Å². The summed E-state index contributed by atoms with van der Waals surface area (Å²) >= 11 is 0. The van der Waals surface area contributed by atoms with Gasteiger partial charge in [0.05, 0.1) is 12.7 Å². The van der Waals surface area contributed by atoms with Crippen LogP contribution in [0, 0.1) is 5.92 Å².